The molecule has 0 aliphatic carbocycles. The topological polar surface area (TPSA) is 170 Å². The molecule has 0 radical (unpaired) electrons. The molecule has 2 aliphatic rings. The maximum absolute atomic E-state index is 14.2. The number of nitrogens with one attached hydrogen (secondary N) is 2. The van der Waals surface area contributed by atoms with Gasteiger partial charge in [-0.25, -0.2) is 29.2 Å². The third-order valence-corrected chi connectivity index (χ3v) is 10.4. The van der Waals surface area contributed by atoms with Gasteiger partial charge in [-0.15, -0.1) is 0 Å². The minimum Gasteiger partial charge on any atom is -0.460 e. The Kier molecular flexibility index (Phi) is 13.4. The number of aryl methyl sites for hydroxylation is 1. The van der Waals surface area contributed by atoms with E-state index in [2.05, 4.69) is 23.8 Å². The number of carbonyl (C=O) groups is 6. The molecule has 0 saturated carbocycles. The zero-order valence-electron chi connectivity index (χ0n) is 30.3. The van der Waals surface area contributed by atoms with Crippen LogP contribution in [0.1, 0.15) is 30.5 Å². The van der Waals surface area contributed by atoms with Crippen molar-refractivity contribution in [2.75, 3.05) is 26.3 Å². The second kappa shape index (κ2) is 18.4. The number of amides is 4. The van der Waals surface area contributed by atoms with E-state index < -0.39 is 35.9 Å². The van der Waals surface area contributed by atoms with Crippen molar-refractivity contribution in [3.63, 3.8) is 0 Å². The summed E-state index contributed by atoms with van der Waals surface area (Å²) in [7, 11) is 0. The van der Waals surface area contributed by atoms with E-state index in [1.54, 1.807) is 6.92 Å². The average molecular weight is 787 g/mol. The fourth-order valence-corrected chi connectivity index (χ4v) is 7.81. The number of thioether (sulfide) groups is 2. The maximum atomic E-state index is 14.2. The highest BCUT2D eigenvalue weighted by Gasteiger charge is 2.45. The quantitative estimate of drug-likeness (QED) is 0.0873. The van der Waals surface area contributed by atoms with Crippen LogP contribution in [0.15, 0.2) is 111 Å². The largest absolute Gasteiger partial charge is 0.460 e. The van der Waals surface area contributed by atoms with Crippen molar-refractivity contribution in [3.05, 3.63) is 118 Å². The molecule has 0 unspecified atom stereocenters. The van der Waals surface area contributed by atoms with E-state index in [9.17, 15) is 28.8 Å². The first-order valence-corrected chi connectivity index (χ1v) is 18.5. The number of nitrogens with zero attached hydrogens (tertiary/aromatic N) is 2. The van der Waals surface area contributed by atoms with Gasteiger partial charge in [-0.05, 0) is 43.5 Å². The summed E-state index contributed by atoms with van der Waals surface area (Å²) in [5.74, 6) is -2.11. The van der Waals surface area contributed by atoms with Crippen LogP contribution in [0.2, 0.25) is 0 Å². The lowest BCUT2D eigenvalue weighted by Gasteiger charge is -2.27. The van der Waals surface area contributed by atoms with Gasteiger partial charge in [-0.1, -0.05) is 97.3 Å². The summed E-state index contributed by atoms with van der Waals surface area (Å²) in [6, 6.07) is 20.0. The molecule has 2 heterocycles. The zero-order chi connectivity index (χ0) is 39.6. The van der Waals surface area contributed by atoms with Crippen molar-refractivity contribution >= 4 is 59.5 Å². The van der Waals surface area contributed by atoms with Crippen molar-refractivity contribution in [1.29, 1.82) is 0 Å². The number of hydrogen-bond donors (Lipinski definition) is 2. The minimum atomic E-state index is -0.869. The maximum Gasteiger partial charge on any atom is 0.412 e. The summed E-state index contributed by atoms with van der Waals surface area (Å²) in [5, 5.41) is 7.83. The fourth-order valence-electron chi connectivity index (χ4n) is 5.10. The van der Waals surface area contributed by atoms with E-state index >= 15 is 0 Å². The molecule has 16 heteroatoms. The number of esters is 2. The lowest BCUT2D eigenvalue weighted by atomic mass is 10.2. The molecule has 4 amide bonds. The van der Waals surface area contributed by atoms with E-state index in [4.69, 9.17) is 18.9 Å². The summed E-state index contributed by atoms with van der Waals surface area (Å²) in [6.07, 6.45) is -1.73. The Morgan fingerprint density at radius 3 is 1.62 bits per heavy atom. The number of hydrazine groups is 1. The molecular weight excluding hydrogens is 749 g/mol. The van der Waals surface area contributed by atoms with Crippen molar-refractivity contribution < 1.29 is 47.7 Å². The Morgan fingerprint density at radius 1 is 0.691 bits per heavy atom. The van der Waals surface area contributed by atoms with Gasteiger partial charge in [0, 0.05) is 11.1 Å². The van der Waals surface area contributed by atoms with Crippen molar-refractivity contribution in [3.8, 4) is 11.5 Å². The number of hydrogen-bond acceptors (Lipinski definition) is 12. The van der Waals surface area contributed by atoms with Gasteiger partial charge in [0.25, 0.3) is 11.8 Å². The van der Waals surface area contributed by atoms with Gasteiger partial charge in [-0.2, -0.15) is 0 Å². The molecule has 55 heavy (non-hydrogen) atoms. The summed E-state index contributed by atoms with van der Waals surface area (Å²) in [4.78, 5) is 78.3. The van der Waals surface area contributed by atoms with Crippen molar-refractivity contribution in [2.45, 2.75) is 43.7 Å². The van der Waals surface area contributed by atoms with E-state index in [-0.39, 0.29) is 71.8 Å². The molecule has 3 aromatic carbocycles. The second-order valence-corrected chi connectivity index (χ2v) is 14.5. The Labute approximate surface area is 325 Å². The summed E-state index contributed by atoms with van der Waals surface area (Å²) >= 11 is 2.06. The molecule has 0 aromatic heterocycles. The van der Waals surface area contributed by atoms with E-state index in [1.165, 1.54) is 29.9 Å². The summed E-state index contributed by atoms with van der Waals surface area (Å²) in [5.41, 5.74) is 2.33. The Morgan fingerprint density at radius 2 is 1.15 bits per heavy atom. The SMILES string of the molecule is C=C(C)C(=O)OCCNC(=O)Oc1cc(C)c(OC(=O)NCCOC(=O)C(=C)C)c2c1SC(=C1C(=O)N(Cc3ccccc3)N(Cc3ccccc3)C1=O)S2. The van der Waals surface area contributed by atoms with Crippen LogP contribution in [0.3, 0.4) is 0 Å². The molecule has 2 aliphatic heterocycles. The molecule has 5 rings (SSSR count). The predicted octanol–water partition coefficient (Wildman–Crippen LogP) is 5.81. The van der Waals surface area contributed by atoms with Crippen LogP contribution in [0.5, 0.6) is 11.5 Å². The van der Waals surface area contributed by atoms with Gasteiger partial charge >= 0.3 is 24.1 Å². The van der Waals surface area contributed by atoms with E-state index in [1.807, 2.05) is 60.7 Å². The van der Waals surface area contributed by atoms with Crippen LogP contribution in [0, 0.1) is 6.92 Å². The summed E-state index contributed by atoms with van der Waals surface area (Å²) in [6.45, 7) is 11.5. The lowest BCUT2D eigenvalue weighted by Crippen LogP contribution is -2.39. The fraction of sp³-hybridized carbons (Fsp3) is 0.231. The van der Waals surface area contributed by atoms with Crippen LogP contribution in [0.4, 0.5) is 9.59 Å². The smallest absolute Gasteiger partial charge is 0.412 e. The molecule has 1 fully saturated rings. The van der Waals surface area contributed by atoms with E-state index in [0.29, 0.717) is 15.4 Å². The van der Waals surface area contributed by atoms with Gasteiger partial charge in [0.1, 0.15) is 24.5 Å². The predicted molar refractivity (Wildman–Crippen MR) is 204 cm³/mol. The number of ether oxygens (including phenoxy) is 4. The molecular formula is C39H38N4O10S2. The minimum absolute atomic E-state index is 0.0587. The van der Waals surface area contributed by atoms with Gasteiger partial charge in [-0.3, -0.25) is 9.59 Å². The molecule has 0 bridgehead atoms. The molecule has 2 N–H and O–H groups in total. The monoisotopic (exact) mass is 786 g/mol. The van der Waals surface area contributed by atoms with Crippen LogP contribution >= 0.6 is 23.5 Å². The highest BCUT2D eigenvalue weighted by molar-refractivity contribution is 8.25. The normalized spacial score (nSPS) is 13.3. The number of fused-ring (bicyclic) bond motifs is 1. The lowest BCUT2D eigenvalue weighted by molar-refractivity contribution is -0.149. The van der Waals surface area contributed by atoms with Gasteiger partial charge in [0.05, 0.1) is 40.2 Å². The highest BCUT2D eigenvalue weighted by Crippen LogP contribution is 2.60. The second-order valence-electron chi connectivity index (χ2n) is 12.2. The van der Waals surface area contributed by atoms with Gasteiger partial charge < -0.3 is 29.6 Å². The third kappa shape index (κ3) is 10.2. The van der Waals surface area contributed by atoms with Crippen molar-refractivity contribution in [1.82, 2.24) is 20.7 Å². The zero-order valence-corrected chi connectivity index (χ0v) is 31.9. The Bertz CT molecular complexity index is 2010. The highest BCUT2D eigenvalue weighted by atomic mass is 32.2. The van der Waals surface area contributed by atoms with Gasteiger partial charge in [0.2, 0.25) is 0 Å². The van der Waals surface area contributed by atoms with Crippen LogP contribution in [-0.4, -0.2) is 72.3 Å². The molecule has 14 nitrogen and oxygen atoms in total. The Balaban J connectivity index is 1.44. The van der Waals surface area contributed by atoms with Crippen LogP contribution in [0.25, 0.3) is 0 Å². The Hall–Kier alpha value is -6.00. The number of benzene rings is 3. The van der Waals surface area contributed by atoms with E-state index in [0.717, 1.165) is 34.7 Å². The number of carbonyl (C=O) groups excluding carboxylic acids is 6. The first kappa shape index (κ1) is 40.2. The molecule has 1 saturated heterocycles. The average Bonchev–Trinajstić information content (AvgIpc) is 3.69. The van der Waals surface area contributed by atoms with Crippen molar-refractivity contribution in [2.24, 2.45) is 0 Å². The number of rotatable bonds is 14. The van der Waals surface area contributed by atoms with Crippen LogP contribution < -0.4 is 20.1 Å². The molecule has 0 atom stereocenters. The summed E-state index contributed by atoms with van der Waals surface area (Å²) < 4.78 is 21.7. The molecule has 0 spiro atoms. The first-order chi connectivity index (χ1) is 26.3. The van der Waals surface area contributed by atoms with Gasteiger partial charge in [0.15, 0.2) is 5.75 Å². The third-order valence-electron chi connectivity index (χ3n) is 7.78. The standard InChI is InChI=1S/C39H38N4O10S2/c1-23(2)35(46)50-18-16-40-38(48)52-28-20-25(5)30(53-39(49)41-17-19-51-36(47)24(3)4)32-31(28)54-37(55-32)29-33(44)42(21-26-12-8-6-9-13-26)43(34(29)45)22-27-14-10-7-11-15-27/h6-15,20H,1,3,16-19,21-22H2,2,4-5H3,(H,40,48)(H,41,49). The molecule has 3 aromatic rings. The molecule has 286 valence electrons. The van der Waals surface area contributed by atoms with Crippen LogP contribution in [-0.2, 0) is 41.7 Å². The first-order valence-electron chi connectivity index (χ1n) is 16.9.